The van der Waals surface area contributed by atoms with Crippen molar-refractivity contribution in [1.29, 1.82) is 0 Å². The molecule has 0 aromatic carbocycles. The molecule has 2 atom stereocenters. The van der Waals surface area contributed by atoms with Crippen LogP contribution in [0.1, 0.15) is 31.6 Å². The summed E-state index contributed by atoms with van der Waals surface area (Å²) in [5, 5.41) is 7.47. The topological polar surface area (TPSA) is 63.8 Å². The standard InChI is InChI=1S/C15H20N4O/c1-16-13-7-3-2-5-11(13)9-14-18-15(19-20-14)12-6-4-8-17-10-12/h4,6,8,10-11,13,16H,2-3,5,7,9H2,1H3. The molecular weight excluding hydrogens is 252 g/mol. The second kappa shape index (κ2) is 6.13. The maximum absolute atomic E-state index is 5.40. The SMILES string of the molecule is CNC1CCCCC1Cc1nc(-c2cccnc2)no1. The summed E-state index contributed by atoms with van der Waals surface area (Å²) in [5.41, 5.74) is 0.899. The number of nitrogens with zero attached hydrogens (tertiary/aromatic N) is 3. The highest BCUT2D eigenvalue weighted by Gasteiger charge is 2.25. The minimum atomic E-state index is 0.567. The second-order valence-corrected chi connectivity index (χ2v) is 5.40. The molecule has 2 unspecified atom stereocenters. The highest BCUT2D eigenvalue weighted by Crippen LogP contribution is 2.27. The molecule has 1 aliphatic carbocycles. The number of hydrogen-bond acceptors (Lipinski definition) is 5. The van der Waals surface area contributed by atoms with Crippen LogP contribution < -0.4 is 5.32 Å². The molecule has 0 saturated heterocycles. The van der Waals surface area contributed by atoms with E-state index in [1.807, 2.05) is 19.2 Å². The van der Waals surface area contributed by atoms with Gasteiger partial charge >= 0.3 is 0 Å². The van der Waals surface area contributed by atoms with Crippen molar-refractivity contribution in [3.8, 4) is 11.4 Å². The summed E-state index contributed by atoms with van der Waals surface area (Å²) in [5.74, 6) is 1.96. The van der Waals surface area contributed by atoms with E-state index in [0.717, 1.165) is 17.9 Å². The largest absolute Gasteiger partial charge is 0.339 e. The van der Waals surface area contributed by atoms with Crippen molar-refractivity contribution >= 4 is 0 Å². The Morgan fingerprint density at radius 2 is 2.25 bits per heavy atom. The average Bonchev–Trinajstić information content (AvgIpc) is 2.97. The van der Waals surface area contributed by atoms with Gasteiger partial charge in [0, 0.05) is 30.4 Å². The number of aromatic nitrogens is 3. The van der Waals surface area contributed by atoms with E-state index in [4.69, 9.17) is 4.52 Å². The van der Waals surface area contributed by atoms with E-state index >= 15 is 0 Å². The smallest absolute Gasteiger partial charge is 0.227 e. The van der Waals surface area contributed by atoms with Gasteiger partial charge in [-0.05, 0) is 37.9 Å². The van der Waals surface area contributed by atoms with Crippen molar-refractivity contribution in [2.24, 2.45) is 5.92 Å². The van der Waals surface area contributed by atoms with Crippen molar-refractivity contribution in [2.75, 3.05) is 7.05 Å². The van der Waals surface area contributed by atoms with E-state index in [1.54, 1.807) is 12.4 Å². The van der Waals surface area contributed by atoms with Gasteiger partial charge < -0.3 is 9.84 Å². The Labute approximate surface area is 118 Å². The number of hydrogen-bond donors (Lipinski definition) is 1. The minimum absolute atomic E-state index is 0.567. The normalized spacial score (nSPS) is 22.9. The molecule has 2 aromatic heterocycles. The van der Waals surface area contributed by atoms with Crippen LogP contribution in [0, 0.1) is 5.92 Å². The van der Waals surface area contributed by atoms with Gasteiger partial charge in [-0.25, -0.2) is 0 Å². The predicted octanol–water partition coefficient (Wildman–Crippen LogP) is 2.45. The van der Waals surface area contributed by atoms with Gasteiger partial charge in [-0.15, -0.1) is 0 Å². The van der Waals surface area contributed by atoms with E-state index in [2.05, 4.69) is 20.4 Å². The van der Waals surface area contributed by atoms with Gasteiger partial charge in [0.2, 0.25) is 11.7 Å². The Bertz CT molecular complexity index is 540. The van der Waals surface area contributed by atoms with E-state index in [0.29, 0.717) is 17.8 Å². The molecular formula is C15H20N4O. The van der Waals surface area contributed by atoms with Gasteiger partial charge in [-0.3, -0.25) is 4.98 Å². The van der Waals surface area contributed by atoms with E-state index < -0.39 is 0 Å². The van der Waals surface area contributed by atoms with Gasteiger partial charge in [0.05, 0.1) is 0 Å². The average molecular weight is 272 g/mol. The zero-order valence-electron chi connectivity index (χ0n) is 11.7. The van der Waals surface area contributed by atoms with Crippen LogP contribution in [0.3, 0.4) is 0 Å². The molecule has 0 amide bonds. The number of rotatable bonds is 4. The van der Waals surface area contributed by atoms with Crippen molar-refractivity contribution < 1.29 is 4.52 Å². The third kappa shape index (κ3) is 2.88. The van der Waals surface area contributed by atoms with Gasteiger partial charge in [-0.2, -0.15) is 4.98 Å². The number of pyridine rings is 1. The highest BCUT2D eigenvalue weighted by molar-refractivity contribution is 5.51. The Kier molecular flexibility index (Phi) is 4.06. The highest BCUT2D eigenvalue weighted by atomic mass is 16.5. The molecule has 1 N–H and O–H groups in total. The van der Waals surface area contributed by atoms with Crippen LogP contribution in [0.5, 0.6) is 0 Å². The molecule has 3 rings (SSSR count). The van der Waals surface area contributed by atoms with Crippen LogP contribution in [0.15, 0.2) is 29.0 Å². The van der Waals surface area contributed by atoms with Crippen molar-refractivity contribution in [3.63, 3.8) is 0 Å². The zero-order chi connectivity index (χ0) is 13.8. The minimum Gasteiger partial charge on any atom is -0.339 e. The Hall–Kier alpha value is -1.75. The van der Waals surface area contributed by atoms with E-state index in [-0.39, 0.29) is 0 Å². The summed E-state index contributed by atoms with van der Waals surface area (Å²) in [7, 11) is 2.04. The Morgan fingerprint density at radius 3 is 3.05 bits per heavy atom. The fourth-order valence-electron chi connectivity index (χ4n) is 3.01. The van der Waals surface area contributed by atoms with Crippen LogP contribution in [0.4, 0.5) is 0 Å². The lowest BCUT2D eigenvalue weighted by Gasteiger charge is -2.30. The first-order valence-corrected chi connectivity index (χ1v) is 7.27. The lowest BCUT2D eigenvalue weighted by atomic mass is 9.82. The predicted molar refractivity (Wildman–Crippen MR) is 76.0 cm³/mol. The first kappa shape index (κ1) is 13.2. The van der Waals surface area contributed by atoms with Crippen LogP contribution in [-0.4, -0.2) is 28.2 Å². The molecule has 106 valence electrons. The molecule has 0 bridgehead atoms. The fourth-order valence-corrected chi connectivity index (χ4v) is 3.01. The molecule has 0 spiro atoms. The van der Waals surface area contributed by atoms with E-state index in [1.165, 1.54) is 25.7 Å². The first-order valence-electron chi connectivity index (χ1n) is 7.27. The van der Waals surface area contributed by atoms with Crippen LogP contribution in [0.25, 0.3) is 11.4 Å². The summed E-state index contributed by atoms with van der Waals surface area (Å²) in [4.78, 5) is 8.58. The third-order valence-corrected chi connectivity index (χ3v) is 4.10. The summed E-state index contributed by atoms with van der Waals surface area (Å²) in [6, 6.07) is 4.39. The molecule has 1 saturated carbocycles. The van der Waals surface area contributed by atoms with Crippen molar-refractivity contribution in [1.82, 2.24) is 20.4 Å². The lowest BCUT2D eigenvalue weighted by Crippen LogP contribution is -2.37. The first-order chi connectivity index (χ1) is 9.86. The van der Waals surface area contributed by atoms with Crippen molar-refractivity contribution in [2.45, 2.75) is 38.1 Å². The summed E-state index contributed by atoms with van der Waals surface area (Å²) in [6.45, 7) is 0. The number of nitrogens with one attached hydrogen (secondary N) is 1. The van der Waals surface area contributed by atoms with E-state index in [9.17, 15) is 0 Å². The molecule has 5 nitrogen and oxygen atoms in total. The quantitative estimate of drug-likeness (QED) is 0.926. The van der Waals surface area contributed by atoms with Crippen LogP contribution in [-0.2, 0) is 6.42 Å². The Morgan fingerprint density at radius 1 is 1.35 bits per heavy atom. The molecule has 0 radical (unpaired) electrons. The molecule has 2 aromatic rings. The molecule has 20 heavy (non-hydrogen) atoms. The third-order valence-electron chi connectivity index (χ3n) is 4.10. The lowest BCUT2D eigenvalue weighted by molar-refractivity contribution is 0.248. The molecule has 5 heteroatoms. The molecule has 1 fully saturated rings. The zero-order valence-corrected chi connectivity index (χ0v) is 11.7. The summed E-state index contributed by atoms with van der Waals surface area (Å²) < 4.78 is 5.40. The van der Waals surface area contributed by atoms with Gasteiger partial charge in [0.25, 0.3) is 0 Å². The maximum Gasteiger partial charge on any atom is 0.227 e. The molecule has 1 aliphatic rings. The van der Waals surface area contributed by atoms with Gasteiger partial charge in [-0.1, -0.05) is 18.0 Å². The molecule has 0 aliphatic heterocycles. The summed E-state index contributed by atoms with van der Waals surface area (Å²) >= 11 is 0. The Balaban J connectivity index is 1.71. The second-order valence-electron chi connectivity index (χ2n) is 5.40. The maximum atomic E-state index is 5.40. The van der Waals surface area contributed by atoms with Crippen molar-refractivity contribution in [3.05, 3.63) is 30.4 Å². The van der Waals surface area contributed by atoms with Gasteiger partial charge in [0.1, 0.15) is 0 Å². The monoisotopic (exact) mass is 272 g/mol. The molecule has 2 heterocycles. The summed E-state index contributed by atoms with van der Waals surface area (Å²) in [6.07, 6.45) is 9.44. The van der Waals surface area contributed by atoms with Crippen LogP contribution >= 0.6 is 0 Å². The van der Waals surface area contributed by atoms with Crippen LogP contribution in [0.2, 0.25) is 0 Å². The fraction of sp³-hybridized carbons (Fsp3) is 0.533. The van der Waals surface area contributed by atoms with Gasteiger partial charge in [0.15, 0.2) is 0 Å².